The highest BCUT2D eigenvalue weighted by Gasteiger charge is 2.21. The number of nitrogens with zero attached hydrogens (tertiary/aromatic N) is 2. The van der Waals surface area contributed by atoms with Gasteiger partial charge in [-0.25, -0.2) is 9.78 Å². The van der Waals surface area contributed by atoms with E-state index < -0.39 is 6.23 Å². The third-order valence-electron chi connectivity index (χ3n) is 4.13. The molecule has 0 spiro atoms. The van der Waals surface area contributed by atoms with E-state index in [0.717, 1.165) is 16.5 Å². The molecule has 120 valence electrons. The van der Waals surface area contributed by atoms with Crippen molar-refractivity contribution in [2.24, 2.45) is 0 Å². The highest BCUT2D eigenvalue weighted by Crippen LogP contribution is 2.29. The minimum atomic E-state index is -0.558. The van der Waals surface area contributed by atoms with Crippen molar-refractivity contribution in [3.05, 3.63) is 70.6 Å². The molecule has 0 aliphatic carbocycles. The highest BCUT2D eigenvalue weighted by atomic mass is 16.5. The quantitative estimate of drug-likeness (QED) is 0.607. The zero-order valence-corrected chi connectivity index (χ0v) is 13.1. The number of ether oxygens (including phenoxy) is 1. The van der Waals surface area contributed by atoms with Crippen molar-refractivity contribution in [3.63, 3.8) is 0 Å². The zero-order valence-electron chi connectivity index (χ0n) is 13.1. The first-order valence-corrected chi connectivity index (χ1v) is 7.57. The van der Waals surface area contributed by atoms with Gasteiger partial charge in [-0.3, -0.25) is 4.57 Å². The third kappa shape index (κ3) is 2.08. The lowest BCUT2D eigenvalue weighted by Gasteiger charge is -2.18. The van der Waals surface area contributed by atoms with Crippen LogP contribution in [0.15, 0.2) is 59.4 Å². The minimum absolute atomic E-state index is 0.287. The summed E-state index contributed by atoms with van der Waals surface area (Å²) in [6.45, 7) is 0. The number of methoxy groups -OCH3 is 1. The van der Waals surface area contributed by atoms with E-state index in [1.54, 1.807) is 11.7 Å². The molecule has 0 saturated heterocycles. The monoisotopic (exact) mass is 320 g/mol. The molecule has 6 heteroatoms. The Balaban J connectivity index is 2.12. The number of H-pyrrole nitrogens is 1. The smallest absolute Gasteiger partial charge is 0.329 e. The number of aromatic nitrogens is 3. The number of fused-ring (bicyclic) bond motifs is 3. The van der Waals surface area contributed by atoms with Crippen LogP contribution >= 0.6 is 0 Å². The van der Waals surface area contributed by atoms with Crippen molar-refractivity contribution in [3.8, 4) is 0 Å². The number of benzene rings is 2. The number of pyridine rings is 1. The number of hydrogen-bond donors (Lipinski definition) is 2. The van der Waals surface area contributed by atoms with Gasteiger partial charge >= 0.3 is 5.69 Å². The molecule has 1 unspecified atom stereocenters. The van der Waals surface area contributed by atoms with Crippen LogP contribution < -0.4 is 11.4 Å². The lowest BCUT2D eigenvalue weighted by Crippen LogP contribution is -2.24. The highest BCUT2D eigenvalue weighted by molar-refractivity contribution is 6.06. The number of nitrogens with one attached hydrogen (secondary N) is 1. The van der Waals surface area contributed by atoms with Gasteiger partial charge in [-0.15, -0.1) is 0 Å². The maximum Gasteiger partial charge on any atom is 0.329 e. The molecule has 1 atom stereocenters. The Hall–Kier alpha value is -3.12. The molecular weight excluding hydrogens is 304 g/mol. The number of rotatable bonds is 3. The van der Waals surface area contributed by atoms with Crippen LogP contribution in [0.3, 0.4) is 0 Å². The molecule has 3 N–H and O–H groups in total. The zero-order chi connectivity index (χ0) is 16.7. The standard InChI is InChI=1S/C18H16N4O2/c1-24-17(11-7-3-2-4-8-11)22-15-12-9-5-6-10-13(12)20-16(19)14(15)21-18(22)23/h2-10,17H,1H3,(H2,19,20)(H,21,23). The van der Waals surface area contributed by atoms with Gasteiger partial charge in [0.25, 0.3) is 0 Å². The van der Waals surface area contributed by atoms with Gasteiger partial charge in [0.05, 0.1) is 11.0 Å². The third-order valence-corrected chi connectivity index (χ3v) is 4.13. The van der Waals surface area contributed by atoms with E-state index in [2.05, 4.69) is 9.97 Å². The topological polar surface area (TPSA) is 85.9 Å². The van der Waals surface area contributed by atoms with E-state index in [9.17, 15) is 4.79 Å². The normalized spacial score (nSPS) is 12.7. The molecule has 0 radical (unpaired) electrons. The maximum atomic E-state index is 12.7. The number of imidazole rings is 1. The molecular formula is C18H16N4O2. The predicted octanol–water partition coefficient (Wildman–Crippen LogP) is 2.65. The van der Waals surface area contributed by atoms with E-state index in [-0.39, 0.29) is 5.69 Å². The van der Waals surface area contributed by atoms with Crippen LogP contribution in [-0.4, -0.2) is 21.6 Å². The predicted molar refractivity (Wildman–Crippen MR) is 93.9 cm³/mol. The number of anilines is 1. The summed E-state index contributed by atoms with van der Waals surface area (Å²) in [7, 11) is 1.58. The molecule has 2 aromatic heterocycles. The summed E-state index contributed by atoms with van der Waals surface area (Å²) < 4.78 is 7.23. The summed E-state index contributed by atoms with van der Waals surface area (Å²) in [6, 6.07) is 17.2. The van der Waals surface area contributed by atoms with E-state index >= 15 is 0 Å². The molecule has 0 bridgehead atoms. The SMILES string of the molecule is COC(c1ccccc1)n1c(=O)[nH]c2c(N)nc3ccccc3c21. The van der Waals surface area contributed by atoms with Crippen molar-refractivity contribution < 1.29 is 4.74 Å². The summed E-state index contributed by atoms with van der Waals surface area (Å²) in [5.74, 6) is 0.294. The number of nitrogen functional groups attached to an aromatic ring is 1. The fourth-order valence-corrected chi connectivity index (χ4v) is 3.09. The van der Waals surface area contributed by atoms with Crippen LogP contribution in [0, 0.1) is 0 Å². The largest absolute Gasteiger partial charge is 0.382 e. The van der Waals surface area contributed by atoms with Crippen LogP contribution in [0.5, 0.6) is 0 Å². The Morgan fingerprint density at radius 2 is 1.83 bits per heavy atom. The van der Waals surface area contributed by atoms with Crippen molar-refractivity contribution in [2.75, 3.05) is 12.8 Å². The van der Waals surface area contributed by atoms with Crippen LogP contribution in [0.2, 0.25) is 0 Å². The second kappa shape index (κ2) is 5.50. The van der Waals surface area contributed by atoms with E-state index in [0.29, 0.717) is 16.9 Å². The lowest BCUT2D eigenvalue weighted by molar-refractivity contribution is 0.0794. The van der Waals surface area contributed by atoms with Crippen LogP contribution in [0.25, 0.3) is 21.9 Å². The Bertz CT molecular complexity index is 1080. The molecule has 4 rings (SSSR count). The average molecular weight is 320 g/mol. The molecule has 0 amide bonds. The molecule has 24 heavy (non-hydrogen) atoms. The van der Waals surface area contributed by atoms with Gasteiger partial charge in [-0.05, 0) is 6.07 Å². The van der Waals surface area contributed by atoms with Crippen LogP contribution in [-0.2, 0) is 4.74 Å². The van der Waals surface area contributed by atoms with Crippen LogP contribution in [0.1, 0.15) is 11.8 Å². The van der Waals surface area contributed by atoms with Gasteiger partial charge in [0.2, 0.25) is 0 Å². The minimum Gasteiger partial charge on any atom is -0.382 e. The summed E-state index contributed by atoms with van der Waals surface area (Å²) >= 11 is 0. The van der Waals surface area contributed by atoms with E-state index in [4.69, 9.17) is 10.5 Å². The number of nitrogens with two attached hydrogens (primary N) is 1. The fraction of sp³-hybridized carbons (Fsp3) is 0.111. The van der Waals surface area contributed by atoms with Crippen LogP contribution in [0.4, 0.5) is 5.82 Å². The molecule has 2 heterocycles. The van der Waals surface area contributed by atoms with Gasteiger partial charge in [-0.1, -0.05) is 48.5 Å². The Labute approximate surface area is 137 Å². The average Bonchev–Trinajstić information content (AvgIpc) is 2.95. The number of para-hydroxylation sites is 1. The van der Waals surface area contributed by atoms with Gasteiger partial charge < -0.3 is 15.5 Å². The molecule has 0 aliphatic heterocycles. The first-order valence-electron chi connectivity index (χ1n) is 7.57. The summed E-state index contributed by atoms with van der Waals surface area (Å²) in [5, 5.41) is 0.845. The van der Waals surface area contributed by atoms with Crippen molar-refractivity contribution in [1.29, 1.82) is 0 Å². The Morgan fingerprint density at radius 1 is 1.12 bits per heavy atom. The molecule has 0 fully saturated rings. The number of aromatic amines is 1. The van der Waals surface area contributed by atoms with Gasteiger partial charge in [0.1, 0.15) is 11.3 Å². The second-order valence-corrected chi connectivity index (χ2v) is 5.54. The Kier molecular flexibility index (Phi) is 3.32. The molecule has 6 nitrogen and oxygen atoms in total. The lowest BCUT2D eigenvalue weighted by atomic mass is 10.1. The summed E-state index contributed by atoms with van der Waals surface area (Å²) in [4.78, 5) is 19.8. The van der Waals surface area contributed by atoms with Gasteiger partial charge in [-0.2, -0.15) is 0 Å². The molecule has 4 aromatic rings. The fourth-order valence-electron chi connectivity index (χ4n) is 3.09. The van der Waals surface area contributed by atoms with Crippen molar-refractivity contribution in [1.82, 2.24) is 14.5 Å². The van der Waals surface area contributed by atoms with Gasteiger partial charge in [0, 0.05) is 18.1 Å². The Morgan fingerprint density at radius 3 is 2.58 bits per heavy atom. The molecule has 0 saturated carbocycles. The molecule has 0 aliphatic rings. The molecule has 2 aromatic carbocycles. The van der Waals surface area contributed by atoms with Crippen molar-refractivity contribution >= 4 is 27.8 Å². The van der Waals surface area contributed by atoms with E-state index in [1.165, 1.54) is 0 Å². The second-order valence-electron chi connectivity index (χ2n) is 5.54. The van der Waals surface area contributed by atoms with E-state index in [1.807, 2.05) is 54.6 Å². The number of hydrogen-bond acceptors (Lipinski definition) is 4. The van der Waals surface area contributed by atoms with Crippen molar-refractivity contribution in [2.45, 2.75) is 6.23 Å². The first-order chi connectivity index (χ1) is 11.7. The maximum absolute atomic E-state index is 12.7. The van der Waals surface area contributed by atoms with Gasteiger partial charge in [0.15, 0.2) is 6.23 Å². The summed E-state index contributed by atoms with van der Waals surface area (Å²) in [6.07, 6.45) is -0.558. The first kappa shape index (κ1) is 14.5. The summed E-state index contributed by atoms with van der Waals surface area (Å²) in [5.41, 5.74) is 8.59.